The van der Waals surface area contributed by atoms with Crippen molar-refractivity contribution in [3.63, 3.8) is 0 Å². The lowest BCUT2D eigenvalue weighted by atomic mass is 10.1. The summed E-state index contributed by atoms with van der Waals surface area (Å²) in [6.07, 6.45) is 3.48. The van der Waals surface area contributed by atoms with Crippen LogP contribution in [0.2, 0.25) is 0 Å². The number of halogens is 4. The third-order valence-electron chi connectivity index (χ3n) is 4.36. The number of rotatable bonds is 5. The lowest BCUT2D eigenvalue weighted by molar-refractivity contribution is -0.139. The molecule has 2 aromatic rings. The molecule has 0 aliphatic heterocycles. The van der Waals surface area contributed by atoms with E-state index in [9.17, 15) is 17.6 Å². The fourth-order valence-corrected chi connectivity index (χ4v) is 3.06. The van der Waals surface area contributed by atoms with Gasteiger partial charge in [0, 0.05) is 30.9 Å². The third kappa shape index (κ3) is 3.95. The topological polar surface area (TPSA) is 29.9 Å². The van der Waals surface area contributed by atoms with Gasteiger partial charge in [-0.2, -0.15) is 13.2 Å². The van der Waals surface area contributed by atoms with E-state index in [-0.39, 0.29) is 5.56 Å². The molecular formula is C17H19F4N3. The number of aromatic nitrogens is 2. The Kier molecular flexibility index (Phi) is 4.89. The largest absolute Gasteiger partial charge is 0.419 e. The first-order valence-electron chi connectivity index (χ1n) is 8.06. The summed E-state index contributed by atoms with van der Waals surface area (Å²) >= 11 is 0. The van der Waals surface area contributed by atoms with Gasteiger partial charge >= 0.3 is 6.18 Å². The number of nitrogens with one attached hydrogen (secondary N) is 1. The highest BCUT2D eigenvalue weighted by Gasteiger charge is 2.34. The smallest absolute Gasteiger partial charge is 0.336 e. The summed E-state index contributed by atoms with van der Waals surface area (Å²) in [5, 5.41) is 3.47. The van der Waals surface area contributed by atoms with Gasteiger partial charge in [-0.05, 0) is 31.0 Å². The Balaban J connectivity index is 1.66. The van der Waals surface area contributed by atoms with Crippen molar-refractivity contribution in [2.45, 2.75) is 44.4 Å². The molecule has 130 valence electrons. The molecule has 1 heterocycles. The van der Waals surface area contributed by atoms with E-state index < -0.39 is 17.6 Å². The van der Waals surface area contributed by atoms with Crippen molar-refractivity contribution in [1.82, 2.24) is 14.9 Å². The minimum absolute atomic E-state index is 0.256. The minimum Gasteiger partial charge on any atom is -0.336 e. The molecule has 0 unspecified atom stereocenters. The highest BCUT2D eigenvalue weighted by molar-refractivity contribution is 5.59. The van der Waals surface area contributed by atoms with Crippen molar-refractivity contribution < 1.29 is 17.6 Å². The van der Waals surface area contributed by atoms with Crippen molar-refractivity contribution >= 4 is 0 Å². The maximum atomic E-state index is 13.3. The first kappa shape index (κ1) is 17.0. The van der Waals surface area contributed by atoms with E-state index in [4.69, 9.17) is 0 Å². The lowest BCUT2D eigenvalue weighted by Crippen LogP contribution is -2.29. The van der Waals surface area contributed by atoms with Gasteiger partial charge in [-0.15, -0.1) is 0 Å². The maximum absolute atomic E-state index is 13.3. The van der Waals surface area contributed by atoms with Crippen molar-refractivity contribution in [2.75, 3.05) is 6.54 Å². The molecule has 0 spiro atoms. The van der Waals surface area contributed by atoms with E-state index in [0.717, 1.165) is 18.7 Å². The molecule has 0 saturated heterocycles. The fourth-order valence-electron chi connectivity index (χ4n) is 3.06. The molecule has 0 amide bonds. The summed E-state index contributed by atoms with van der Waals surface area (Å²) in [6, 6.07) is 3.52. The molecular weight excluding hydrogens is 322 g/mol. The number of hydrogen-bond acceptors (Lipinski definition) is 2. The van der Waals surface area contributed by atoms with Crippen molar-refractivity contribution in [1.29, 1.82) is 0 Å². The fraction of sp³-hybridized carbons (Fsp3) is 0.471. The van der Waals surface area contributed by atoms with Crippen LogP contribution in [0.4, 0.5) is 17.6 Å². The van der Waals surface area contributed by atoms with Crippen molar-refractivity contribution in [2.24, 2.45) is 0 Å². The number of imidazole rings is 1. The SMILES string of the molecule is Fc1ccc(-c2cn(CCNC3CCCC3)cn2)cc1C(F)(F)F. The molecule has 1 N–H and O–H groups in total. The molecule has 1 aromatic heterocycles. The van der Waals surface area contributed by atoms with Gasteiger partial charge in [0.05, 0.1) is 17.6 Å². The second kappa shape index (κ2) is 6.93. The molecule has 7 heteroatoms. The van der Waals surface area contributed by atoms with Crippen LogP contribution in [-0.2, 0) is 12.7 Å². The predicted octanol–water partition coefficient (Wildman–Crippen LogP) is 4.24. The molecule has 3 rings (SSSR count). The molecule has 24 heavy (non-hydrogen) atoms. The average molecular weight is 341 g/mol. The zero-order valence-corrected chi connectivity index (χ0v) is 13.1. The molecule has 1 saturated carbocycles. The molecule has 1 fully saturated rings. The molecule has 1 aromatic carbocycles. The van der Waals surface area contributed by atoms with Crippen LogP contribution in [-0.4, -0.2) is 22.1 Å². The summed E-state index contributed by atoms with van der Waals surface area (Å²) in [5.74, 6) is -1.27. The van der Waals surface area contributed by atoms with Gasteiger partial charge in [-0.25, -0.2) is 9.37 Å². The Morgan fingerprint density at radius 2 is 1.96 bits per heavy atom. The Bertz CT molecular complexity index is 687. The molecule has 1 aliphatic rings. The molecule has 0 bridgehead atoms. The second-order valence-corrected chi connectivity index (χ2v) is 6.12. The Hall–Kier alpha value is -1.89. The van der Waals surface area contributed by atoms with E-state index in [0.29, 0.717) is 18.3 Å². The lowest BCUT2D eigenvalue weighted by Gasteiger charge is -2.11. The maximum Gasteiger partial charge on any atom is 0.419 e. The Morgan fingerprint density at radius 1 is 1.21 bits per heavy atom. The van der Waals surface area contributed by atoms with E-state index in [1.165, 1.54) is 31.7 Å². The zero-order valence-electron chi connectivity index (χ0n) is 13.1. The van der Waals surface area contributed by atoms with Gasteiger partial charge < -0.3 is 9.88 Å². The van der Waals surface area contributed by atoms with Crippen LogP contribution in [0.3, 0.4) is 0 Å². The van der Waals surface area contributed by atoms with E-state index in [2.05, 4.69) is 10.3 Å². The van der Waals surface area contributed by atoms with E-state index in [1.54, 1.807) is 12.5 Å². The minimum atomic E-state index is -4.71. The van der Waals surface area contributed by atoms with E-state index in [1.807, 2.05) is 4.57 Å². The van der Waals surface area contributed by atoms with Gasteiger partial charge in [0.2, 0.25) is 0 Å². The molecule has 0 radical (unpaired) electrons. The monoisotopic (exact) mass is 341 g/mol. The molecule has 0 atom stereocenters. The van der Waals surface area contributed by atoms with E-state index >= 15 is 0 Å². The average Bonchev–Trinajstić information content (AvgIpc) is 3.18. The summed E-state index contributed by atoms with van der Waals surface area (Å²) in [6.45, 7) is 1.48. The number of alkyl halides is 3. The van der Waals surface area contributed by atoms with Crippen LogP contribution in [0.5, 0.6) is 0 Å². The van der Waals surface area contributed by atoms with Gasteiger partial charge in [0.15, 0.2) is 0 Å². The van der Waals surface area contributed by atoms with Crippen molar-refractivity contribution in [3.8, 4) is 11.3 Å². The molecule has 1 aliphatic carbocycles. The van der Waals surface area contributed by atoms with Gasteiger partial charge in [0.1, 0.15) is 5.82 Å². The second-order valence-electron chi connectivity index (χ2n) is 6.12. The Labute approximate surface area is 137 Å². The first-order chi connectivity index (χ1) is 11.4. The quantitative estimate of drug-likeness (QED) is 0.825. The number of nitrogens with zero attached hydrogens (tertiary/aromatic N) is 2. The number of hydrogen-bond donors (Lipinski definition) is 1. The van der Waals surface area contributed by atoms with Crippen LogP contribution in [0.15, 0.2) is 30.7 Å². The first-order valence-corrected chi connectivity index (χ1v) is 8.06. The van der Waals surface area contributed by atoms with Crippen LogP contribution in [0.25, 0.3) is 11.3 Å². The molecule has 3 nitrogen and oxygen atoms in total. The van der Waals surface area contributed by atoms with Gasteiger partial charge in [-0.1, -0.05) is 12.8 Å². The van der Waals surface area contributed by atoms with Crippen LogP contribution in [0, 0.1) is 5.82 Å². The van der Waals surface area contributed by atoms with Crippen LogP contribution in [0.1, 0.15) is 31.2 Å². The summed E-state index contributed by atoms with van der Waals surface area (Å²) in [7, 11) is 0. The highest BCUT2D eigenvalue weighted by Crippen LogP contribution is 2.33. The number of benzene rings is 1. The van der Waals surface area contributed by atoms with Crippen molar-refractivity contribution in [3.05, 3.63) is 42.1 Å². The normalized spacial score (nSPS) is 16.0. The van der Waals surface area contributed by atoms with Gasteiger partial charge in [0.25, 0.3) is 0 Å². The highest BCUT2D eigenvalue weighted by atomic mass is 19.4. The summed E-state index contributed by atoms with van der Waals surface area (Å²) in [5.41, 5.74) is -0.606. The predicted molar refractivity (Wildman–Crippen MR) is 82.9 cm³/mol. The van der Waals surface area contributed by atoms with Crippen LogP contribution >= 0.6 is 0 Å². The third-order valence-corrected chi connectivity index (χ3v) is 4.36. The van der Waals surface area contributed by atoms with Crippen LogP contribution < -0.4 is 5.32 Å². The zero-order chi connectivity index (χ0) is 17.2. The Morgan fingerprint density at radius 3 is 2.67 bits per heavy atom. The summed E-state index contributed by atoms with van der Waals surface area (Å²) < 4.78 is 53.5. The summed E-state index contributed by atoms with van der Waals surface area (Å²) in [4.78, 5) is 4.14. The standard InChI is InChI=1S/C17H19F4N3/c18-15-6-5-12(9-14(15)17(19,20)21)16-10-24(11-23-16)8-7-22-13-3-1-2-4-13/h5-6,9-11,13,22H,1-4,7-8H2. The van der Waals surface area contributed by atoms with Gasteiger partial charge in [-0.3, -0.25) is 0 Å².